The van der Waals surface area contributed by atoms with Crippen molar-refractivity contribution in [2.24, 2.45) is 0 Å². The second kappa shape index (κ2) is 5.37. The number of aliphatic hydroxyl groups is 2. The van der Waals surface area contributed by atoms with Gasteiger partial charge in [-0.15, -0.1) is 0 Å². The summed E-state index contributed by atoms with van der Waals surface area (Å²) < 4.78 is -3.89. The molecule has 0 radical (unpaired) electrons. The summed E-state index contributed by atoms with van der Waals surface area (Å²) in [6.07, 6.45) is 0. The van der Waals surface area contributed by atoms with E-state index < -0.39 is 18.5 Å². The Labute approximate surface area is 109 Å². The highest BCUT2D eigenvalue weighted by Gasteiger charge is 2.39. The summed E-state index contributed by atoms with van der Waals surface area (Å²) in [6, 6.07) is 0. The number of hydrogen-bond acceptors (Lipinski definition) is 3. The molecule has 0 rings (SSSR count). The number of aliphatic hydroxyl groups excluding tert-OH is 2. The molecule has 2 N–H and O–H groups in total. The van der Waals surface area contributed by atoms with Crippen LogP contribution in [0, 0.1) is 0 Å². The molecule has 2 nitrogen and oxygen atoms in total. The SMILES string of the molecule is O[C@H](S[C@H](O)C(Cl)(Cl)Cl)C(Cl)(Cl)Cl. The van der Waals surface area contributed by atoms with E-state index in [0.29, 0.717) is 11.8 Å². The third-order valence-corrected chi connectivity index (χ3v) is 4.06. The summed E-state index contributed by atoms with van der Waals surface area (Å²) in [5, 5.41) is 18.3. The first-order chi connectivity index (χ1) is 5.55. The molecule has 0 saturated heterocycles. The van der Waals surface area contributed by atoms with Gasteiger partial charge in [0, 0.05) is 0 Å². The Hall–Kier alpha value is 2.01. The fourth-order valence-electron chi connectivity index (χ4n) is 0.276. The van der Waals surface area contributed by atoms with Gasteiger partial charge in [-0.05, 0) is 0 Å². The zero-order chi connectivity index (χ0) is 10.9. The van der Waals surface area contributed by atoms with E-state index in [-0.39, 0.29) is 0 Å². The Morgan fingerprint density at radius 1 is 0.769 bits per heavy atom. The predicted octanol–water partition coefficient (Wildman–Crippen LogP) is 3.10. The third-order valence-electron chi connectivity index (χ3n) is 0.818. The molecule has 0 amide bonds. The second-order valence-corrected chi connectivity index (χ2v) is 7.83. The molecular formula is C4H4Cl6O2S. The molecular weight excluding hydrogens is 325 g/mol. The van der Waals surface area contributed by atoms with Crippen LogP contribution in [-0.2, 0) is 0 Å². The van der Waals surface area contributed by atoms with Crippen molar-refractivity contribution in [2.45, 2.75) is 18.5 Å². The Kier molecular flexibility index (Phi) is 6.20. The van der Waals surface area contributed by atoms with Gasteiger partial charge in [-0.1, -0.05) is 81.4 Å². The molecule has 0 aliphatic rings. The van der Waals surface area contributed by atoms with Crippen molar-refractivity contribution < 1.29 is 10.2 Å². The largest absolute Gasteiger partial charge is 0.378 e. The van der Waals surface area contributed by atoms with Gasteiger partial charge in [-0.3, -0.25) is 0 Å². The van der Waals surface area contributed by atoms with Crippen molar-refractivity contribution in [2.75, 3.05) is 0 Å². The van der Waals surface area contributed by atoms with E-state index >= 15 is 0 Å². The smallest absolute Gasteiger partial charge is 0.225 e. The van der Waals surface area contributed by atoms with Crippen LogP contribution in [-0.4, -0.2) is 28.7 Å². The standard InChI is InChI=1S/C4H4Cl6O2S/c5-3(6,7)1(11)13-2(12)4(8,9)10/h1-2,11-12H/t1-,2+. The fourth-order valence-corrected chi connectivity index (χ4v) is 1.76. The van der Waals surface area contributed by atoms with Gasteiger partial charge in [-0.2, -0.15) is 0 Å². The lowest BCUT2D eigenvalue weighted by Gasteiger charge is -2.24. The van der Waals surface area contributed by atoms with Gasteiger partial charge in [0.2, 0.25) is 7.59 Å². The molecule has 0 aliphatic heterocycles. The van der Waals surface area contributed by atoms with Crippen molar-refractivity contribution in [3.63, 3.8) is 0 Å². The Balaban J connectivity index is 4.15. The molecule has 0 aromatic rings. The van der Waals surface area contributed by atoms with Crippen molar-refractivity contribution in [3.05, 3.63) is 0 Å². The molecule has 0 saturated carbocycles. The average Bonchev–Trinajstić information content (AvgIpc) is 1.82. The molecule has 13 heavy (non-hydrogen) atoms. The maximum atomic E-state index is 9.15. The van der Waals surface area contributed by atoms with Crippen LogP contribution in [0.3, 0.4) is 0 Å². The summed E-state index contributed by atoms with van der Waals surface area (Å²) in [6.45, 7) is 0. The molecule has 9 heteroatoms. The number of thioether (sulfide) groups is 1. The van der Waals surface area contributed by atoms with Gasteiger partial charge >= 0.3 is 0 Å². The van der Waals surface area contributed by atoms with Crippen molar-refractivity contribution in [1.29, 1.82) is 0 Å². The minimum atomic E-state index is -1.94. The fraction of sp³-hybridized carbons (Fsp3) is 1.00. The number of halogens is 6. The molecule has 0 aromatic carbocycles. The van der Waals surface area contributed by atoms with Crippen LogP contribution in [0.1, 0.15) is 0 Å². The first-order valence-electron chi connectivity index (χ1n) is 2.70. The molecule has 0 fully saturated rings. The quantitative estimate of drug-likeness (QED) is 0.604. The first-order valence-corrected chi connectivity index (χ1v) is 5.91. The lowest BCUT2D eigenvalue weighted by molar-refractivity contribution is 0.240. The number of rotatable bonds is 2. The molecule has 0 heterocycles. The monoisotopic (exact) mass is 326 g/mol. The highest BCUT2D eigenvalue weighted by atomic mass is 35.6. The molecule has 0 bridgehead atoms. The first kappa shape index (κ1) is 15.0. The van der Waals surface area contributed by atoms with Crippen LogP contribution in [0.25, 0.3) is 0 Å². The van der Waals surface area contributed by atoms with Crippen LogP contribution in [0.4, 0.5) is 0 Å². The summed E-state index contributed by atoms with van der Waals surface area (Å²) in [5.74, 6) is 0. The van der Waals surface area contributed by atoms with E-state index in [1.54, 1.807) is 0 Å². The third kappa shape index (κ3) is 6.23. The topological polar surface area (TPSA) is 40.5 Å². The van der Waals surface area contributed by atoms with E-state index in [4.69, 9.17) is 79.8 Å². The summed E-state index contributed by atoms with van der Waals surface area (Å²) >= 11 is 32.2. The van der Waals surface area contributed by atoms with Crippen LogP contribution < -0.4 is 0 Å². The summed E-state index contributed by atoms with van der Waals surface area (Å²) in [5.41, 5.74) is -2.97. The van der Waals surface area contributed by atoms with Gasteiger partial charge in [0.15, 0.2) is 0 Å². The van der Waals surface area contributed by atoms with E-state index in [1.165, 1.54) is 0 Å². The zero-order valence-electron chi connectivity index (χ0n) is 5.73. The highest BCUT2D eigenvalue weighted by Crippen LogP contribution is 2.43. The van der Waals surface area contributed by atoms with E-state index in [0.717, 1.165) is 0 Å². The predicted molar refractivity (Wildman–Crippen MR) is 60.2 cm³/mol. The summed E-state index contributed by atoms with van der Waals surface area (Å²) in [7, 11) is 0. The molecule has 0 aliphatic carbocycles. The maximum Gasteiger partial charge on any atom is 0.225 e. The minimum Gasteiger partial charge on any atom is -0.378 e. The lowest BCUT2D eigenvalue weighted by atomic mass is 10.8. The number of alkyl halides is 6. The molecule has 2 atom stereocenters. The normalized spacial score (nSPS) is 18.5. The van der Waals surface area contributed by atoms with Crippen molar-refractivity contribution in [1.82, 2.24) is 0 Å². The van der Waals surface area contributed by atoms with Gasteiger partial charge < -0.3 is 10.2 Å². The molecule has 0 spiro atoms. The highest BCUT2D eigenvalue weighted by molar-refractivity contribution is 8.00. The van der Waals surface area contributed by atoms with Crippen LogP contribution in [0.2, 0.25) is 0 Å². The van der Waals surface area contributed by atoms with Crippen LogP contribution in [0.15, 0.2) is 0 Å². The van der Waals surface area contributed by atoms with Gasteiger partial charge in [0.25, 0.3) is 0 Å². The number of hydrogen-bond donors (Lipinski definition) is 2. The second-order valence-electron chi connectivity index (χ2n) is 1.92. The van der Waals surface area contributed by atoms with Gasteiger partial charge in [0.1, 0.15) is 10.9 Å². The lowest BCUT2D eigenvalue weighted by Crippen LogP contribution is -2.30. The molecule has 0 unspecified atom stereocenters. The minimum absolute atomic E-state index is 0.433. The molecule has 80 valence electrons. The van der Waals surface area contributed by atoms with Crippen molar-refractivity contribution >= 4 is 81.4 Å². The van der Waals surface area contributed by atoms with Gasteiger partial charge in [-0.25, -0.2) is 0 Å². The Bertz CT molecular complexity index is 147. The summed E-state index contributed by atoms with van der Waals surface area (Å²) in [4.78, 5) is 0. The van der Waals surface area contributed by atoms with E-state index in [1.807, 2.05) is 0 Å². The zero-order valence-corrected chi connectivity index (χ0v) is 11.1. The Morgan fingerprint density at radius 3 is 1.15 bits per heavy atom. The van der Waals surface area contributed by atoms with E-state index in [9.17, 15) is 0 Å². The van der Waals surface area contributed by atoms with Crippen LogP contribution >= 0.6 is 81.4 Å². The van der Waals surface area contributed by atoms with Gasteiger partial charge in [0.05, 0.1) is 0 Å². The Morgan fingerprint density at radius 2 is 1.00 bits per heavy atom. The van der Waals surface area contributed by atoms with Crippen LogP contribution in [0.5, 0.6) is 0 Å². The van der Waals surface area contributed by atoms with Crippen molar-refractivity contribution in [3.8, 4) is 0 Å². The average molecular weight is 329 g/mol. The molecule has 0 aromatic heterocycles. The van der Waals surface area contributed by atoms with E-state index in [2.05, 4.69) is 0 Å². The maximum absolute atomic E-state index is 9.15.